The van der Waals surface area contributed by atoms with Gasteiger partial charge in [0.05, 0.1) is 0 Å². The lowest BCUT2D eigenvalue weighted by atomic mass is 9.99. The molecule has 0 spiro atoms. The molecular formula is C11H14F. The highest BCUT2D eigenvalue weighted by atomic mass is 19.1. The Balaban J connectivity index is 2.86. The third-order valence-corrected chi connectivity index (χ3v) is 1.74. The molecule has 0 N–H and O–H groups in total. The molecule has 1 aromatic rings. The highest BCUT2D eigenvalue weighted by Gasteiger charge is 2.02. The Morgan fingerprint density at radius 1 is 1.33 bits per heavy atom. The van der Waals surface area contributed by atoms with Crippen LogP contribution in [-0.4, -0.2) is 0 Å². The second-order valence-corrected chi connectivity index (χ2v) is 3.41. The van der Waals surface area contributed by atoms with Gasteiger partial charge in [0, 0.05) is 0 Å². The maximum Gasteiger partial charge on any atom is 0.123 e. The molecule has 1 heteroatoms. The van der Waals surface area contributed by atoms with E-state index < -0.39 is 0 Å². The van der Waals surface area contributed by atoms with Gasteiger partial charge in [-0.05, 0) is 42.5 Å². The van der Waals surface area contributed by atoms with Crippen molar-refractivity contribution in [1.29, 1.82) is 0 Å². The van der Waals surface area contributed by atoms with E-state index in [4.69, 9.17) is 0 Å². The number of rotatable bonds is 2. The number of hydrogen-bond acceptors (Lipinski definition) is 0. The summed E-state index contributed by atoms with van der Waals surface area (Å²) < 4.78 is 12.7. The van der Waals surface area contributed by atoms with E-state index in [0.717, 1.165) is 11.1 Å². The standard InChI is InChI=1S/C11H14F/c1-8(2)6-10-4-5-11(12)7-9(10)3/h4-8H,1-3H3. The second-order valence-electron chi connectivity index (χ2n) is 3.41. The van der Waals surface area contributed by atoms with Crippen LogP contribution in [0, 0.1) is 25.1 Å². The van der Waals surface area contributed by atoms with Gasteiger partial charge in [0.1, 0.15) is 5.82 Å². The molecule has 0 bridgehead atoms. The third kappa shape index (κ3) is 2.33. The van der Waals surface area contributed by atoms with Crippen LogP contribution in [0.1, 0.15) is 25.0 Å². The van der Waals surface area contributed by atoms with E-state index in [1.165, 1.54) is 6.07 Å². The summed E-state index contributed by atoms with van der Waals surface area (Å²) >= 11 is 0. The Labute approximate surface area is 73.4 Å². The molecule has 0 aliphatic carbocycles. The predicted molar refractivity (Wildman–Crippen MR) is 49.4 cm³/mol. The summed E-state index contributed by atoms with van der Waals surface area (Å²) in [6, 6.07) is 4.89. The Morgan fingerprint density at radius 3 is 2.50 bits per heavy atom. The summed E-state index contributed by atoms with van der Waals surface area (Å²) in [7, 11) is 0. The SMILES string of the molecule is Cc1cc(F)ccc1[CH]C(C)C. The van der Waals surface area contributed by atoms with Gasteiger partial charge in [0.15, 0.2) is 0 Å². The van der Waals surface area contributed by atoms with Crippen LogP contribution in [0.15, 0.2) is 18.2 Å². The zero-order valence-corrected chi connectivity index (χ0v) is 7.76. The van der Waals surface area contributed by atoms with Gasteiger partial charge in [0.25, 0.3) is 0 Å². The fraction of sp³-hybridized carbons (Fsp3) is 0.364. The van der Waals surface area contributed by atoms with Crippen molar-refractivity contribution >= 4 is 0 Å². The molecule has 0 aromatic heterocycles. The second kappa shape index (κ2) is 3.70. The van der Waals surface area contributed by atoms with E-state index >= 15 is 0 Å². The molecule has 0 atom stereocenters. The van der Waals surface area contributed by atoms with Crippen LogP contribution in [0.3, 0.4) is 0 Å². The van der Waals surface area contributed by atoms with E-state index in [2.05, 4.69) is 20.3 Å². The summed E-state index contributed by atoms with van der Waals surface area (Å²) in [6.45, 7) is 6.16. The number of aryl methyl sites for hydroxylation is 1. The lowest BCUT2D eigenvalue weighted by Gasteiger charge is -2.07. The molecule has 0 nitrogen and oxygen atoms in total. The molecule has 1 aromatic carbocycles. The number of benzene rings is 1. The van der Waals surface area contributed by atoms with E-state index in [0.29, 0.717) is 5.92 Å². The van der Waals surface area contributed by atoms with Crippen molar-refractivity contribution in [2.75, 3.05) is 0 Å². The molecule has 1 rings (SSSR count). The third-order valence-electron chi connectivity index (χ3n) is 1.74. The smallest absolute Gasteiger partial charge is 0.123 e. The first kappa shape index (κ1) is 9.24. The van der Waals surface area contributed by atoms with Gasteiger partial charge in [-0.15, -0.1) is 0 Å². The Hall–Kier alpha value is -0.850. The van der Waals surface area contributed by atoms with Crippen LogP contribution < -0.4 is 0 Å². The minimum Gasteiger partial charge on any atom is -0.207 e. The Bertz CT molecular complexity index is 264. The quantitative estimate of drug-likeness (QED) is 0.630. The van der Waals surface area contributed by atoms with Crippen LogP contribution in [0.2, 0.25) is 0 Å². The van der Waals surface area contributed by atoms with Gasteiger partial charge >= 0.3 is 0 Å². The van der Waals surface area contributed by atoms with Gasteiger partial charge in [-0.3, -0.25) is 0 Å². The minimum atomic E-state index is -0.159. The molecular weight excluding hydrogens is 151 g/mol. The van der Waals surface area contributed by atoms with E-state index in [9.17, 15) is 4.39 Å². The molecule has 0 saturated carbocycles. The zero-order chi connectivity index (χ0) is 9.14. The van der Waals surface area contributed by atoms with Crippen LogP contribution in [0.5, 0.6) is 0 Å². The predicted octanol–water partition coefficient (Wildman–Crippen LogP) is 3.34. The average molecular weight is 165 g/mol. The van der Waals surface area contributed by atoms with Crippen molar-refractivity contribution < 1.29 is 4.39 Å². The van der Waals surface area contributed by atoms with Gasteiger partial charge in [-0.2, -0.15) is 0 Å². The molecule has 0 unspecified atom stereocenters. The summed E-state index contributed by atoms with van der Waals surface area (Å²) in [5.74, 6) is 0.350. The molecule has 0 aliphatic rings. The summed E-state index contributed by atoms with van der Waals surface area (Å²) in [4.78, 5) is 0. The van der Waals surface area contributed by atoms with Gasteiger partial charge in [0.2, 0.25) is 0 Å². The zero-order valence-electron chi connectivity index (χ0n) is 7.76. The lowest BCUT2D eigenvalue weighted by Crippen LogP contribution is -1.94. The highest BCUT2D eigenvalue weighted by Crippen LogP contribution is 2.15. The molecule has 0 amide bonds. The van der Waals surface area contributed by atoms with E-state index in [1.807, 2.05) is 13.0 Å². The minimum absolute atomic E-state index is 0.159. The van der Waals surface area contributed by atoms with Crippen LogP contribution >= 0.6 is 0 Å². The molecule has 0 fully saturated rings. The summed E-state index contributed by atoms with van der Waals surface area (Å²) in [5, 5.41) is 0. The summed E-state index contributed by atoms with van der Waals surface area (Å²) in [5.41, 5.74) is 2.13. The van der Waals surface area contributed by atoms with Gasteiger partial charge in [-0.1, -0.05) is 19.9 Å². The molecule has 65 valence electrons. The molecule has 0 saturated heterocycles. The molecule has 0 heterocycles. The molecule has 12 heavy (non-hydrogen) atoms. The fourth-order valence-corrected chi connectivity index (χ4v) is 1.19. The van der Waals surface area contributed by atoms with E-state index in [1.54, 1.807) is 6.07 Å². The molecule has 1 radical (unpaired) electrons. The largest absolute Gasteiger partial charge is 0.207 e. The monoisotopic (exact) mass is 165 g/mol. The van der Waals surface area contributed by atoms with Crippen LogP contribution in [0.4, 0.5) is 4.39 Å². The maximum absolute atomic E-state index is 12.7. The average Bonchev–Trinajstić information content (AvgIpc) is 1.94. The van der Waals surface area contributed by atoms with Crippen molar-refractivity contribution in [1.82, 2.24) is 0 Å². The van der Waals surface area contributed by atoms with Crippen molar-refractivity contribution in [3.8, 4) is 0 Å². The summed E-state index contributed by atoms with van der Waals surface area (Å²) in [6.07, 6.45) is 2.13. The normalized spacial score (nSPS) is 10.8. The van der Waals surface area contributed by atoms with Gasteiger partial charge in [-0.25, -0.2) is 4.39 Å². The van der Waals surface area contributed by atoms with Crippen molar-refractivity contribution in [3.05, 3.63) is 41.6 Å². The Morgan fingerprint density at radius 2 is 2.00 bits per heavy atom. The Kier molecular flexibility index (Phi) is 2.85. The first-order valence-corrected chi connectivity index (χ1v) is 4.20. The maximum atomic E-state index is 12.7. The first-order chi connectivity index (χ1) is 5.59. The van der Waals surface area contributed by atoms with Crippen molar-refractivity contribution in [2.24, 2.45) is 5.92 Å². The number of halogens is 1. The topological polar surface area (TPSA) is 0 Å². The van der Waals surface area contributed by atoms with Crippen LogP contribution in [-0.2, 0) is 0 Å². The van der Waals surface area contributed by atoms with Gasteiger partial charge < -0.3 is 0 Å². The van der Waals surface area contributed by atoms with E-state index in [-0.39, 0.29) is 5.82 Å². The highest BCUT2D eigenvalue weighted by molar-refractivity contribution is 5.32. The number of hydrogen-bond donors (Lipinski definition) is 0. The first-order valence-electron chi connectivity index (χ1n) is 4.20. The van der Waals surface area contributed by atoms with Crippen molar-refractivity contribution in [3.63, 3.8) is 0 Å². The van der Waals surface area contributed by atoms with Crippen LogP contribution in [0.25, 0.3) is 0 Å². The molecule has 0 aliphatic heterocycles. The fourth-order valence-electron chi connectivity index (χ4n) is 1.19. The van der Waals surface area contributed by atoms with Crippen molar-refractivity contribution in [2.45, 2.75) is 20.8 Å². The lowest BCUT2D eigenvalue weighted by molar-refractivity contribution is 0.625.